The molecule has 19 heavy (non-hydrogen) atoms. The monoisotopic (exact) mass is 282 g/mol. The van der Waals surface area contributed by atoms with Gasteiger partial charge in [0.1, 0.15) is 0 Å². The van der Waals surface area contributed by atoms with E-state index in [2.05, 4.69) is 5.32 Å². The van der Waals surface area contributed by atoms with Gasteiger partial charge >= 0.3 is 6.03 Å². The Labute approximate surface area is 119 Å². The predicted octanol–water partition coefficient (Wildman–Crippen LogP) is 2.96. The van der Waals surface area contributed by atoms with Crippen molar-refractivity contribution < 1.29 is 9.90 Å². The van der Waals surface area contributed by atoms with E-state index in [1.807, 2.05) is 31.4 Å². The Bertz CT molecular complexity index is 424. The number of anilines is 1. The molecule has 0 heterocycles. The molecule has 1 aromatic rings. The number of carbonyl (C=O) groups is 1. The number of aliphatic hydroxyl groups is 1. The fourth-order valence-electron chi connectivity index (χ4n) is 1.64. The second-order valence-corrected chi connectivity index (χ2v) is 5.56. The molecule has 0 aliphatic carbocycles. The average Bonchev–Trinajstić information content (AvgIpc) is 2.38. The van der Waals surface area contributed by atoms with Crippen molar-refractivity contribution in [1.29, 1.82) is 0 Å². The fraction of sp³-hybridized carbons (Fsp3) is 0.500. The summed E-state index contributed by atoms with van der Waals surface area (Å²) >= 11 is 1.71. The van der Waals surface area contributed by atoms with Crippen LogP contribution < -0.4 is 5.32 Å². The molecule has 0 aliphatic heterocycles. The lowest BCUT2D eigenvalue weighted by atomic mass is 10.1. The molecule has 0 spiro atoms. The van der Waals surface area contributed by atoms with Crippen LogP contribution in [0.2, 0.25) is 0 Å². The van der Waals surface area contributed by atoms with Crippen molar-refractivity contribution in [3.63, 3.8) is 0 Å². The van der Waals surface area contributed by atoms with E-state index in [-0.39, 0.29) is 12.1 Å². The van der Waals surface area contributed by atoms with E-state index >= 15 is 0 Å². The van der Waals surface area contributed by atoms with Gasteiger partial charge in [-0.3, -0.25) is 0 Å². The van der Waals surface area contributed by atoms with Gasteiger partial charge < -0.3 is 15.3 Å². The Morgan fingerprint density at radius 2 is 2.16 bits per heavy atom. The van der Waals surface area contributed by atoms with Gasteiger partial charge in [0.25, 0.3) is 0 Å². The van der Waals surface area contributed by atoms with Gasteiger partial charge in [0, 0.05) is 24.5 Å². The van der Waals surface area contributed by atoms with Crippen molar-refractivity contribution in [2.24, 2.45) is 0 Å². The third-order valence-corrected chi connectivity index (χ3v) is 3.83. The number of carbonyl (C=O) groups excluding carboxylic acids is 1. The molecule has 0 aromatic heterocycles. The molecule has 2 N–H and O–H groups in total. The van der Waals surface area contributed by atoms with Crippen LogP contribution in [0, 0.1) is 0 Å². The molecule has 4 nitrogen and oxygen atoms in total. The number of nitrogens with one attached hydrogen (secondary N) is 1. The smallest absolute Gasteiger partial charge is 0.321 e. The molecule has 0 fully saturated rings. The molecule has 5 heteroatoms. The summed E-state index contributed by atoms with van der Waals surface area (Å²) in [6.45, 7) is 3.72. The van der Waals surface area contributed by atoms with Gasteiger partial charge in [0.15, 0.2) is 0 Å². The van der Waals surface area contributed by atoms with Crippen LogP contribution in [0.4, 0.5) is 10.5 Å². The van der Waals surface area contributed by atoms with E-state index in [1.54, 1.807) is 36.7 Å². The minimum Gasteiger partial charge on any atom is -0.389 e. The van der Waals surface area contributed by atoms with E-state index in [0.717, 1.165) is 11.3 Å². The van der Waals surface area contributed by atoms with Crippen LogP contribution in [0.3, 0.4) is 0 Å². The van der Waals surface area contributed by atoms with E-state index < -0.39 is 6.10 Å². The largest absolute Gasteiger partial charge is 0.389 e. The van der Waals surface area contributed by atoms with Crippen LogP contribution in [0.15, 0.2) is 24.3 Å². The number of thioether (sulfide) groups is 1. The van der Waals surface area contributed by atoms with Gasteiger partial charge in [-0.05, 0) is 37.8 Å². The number of hydrogen-bond acceptors (Lipinski definition) is 3. The third kappa shape index (κ3) is 4.76. The molecule has 106 valence electrons. The Morgan fingerprint density at radius 1 is 1.47 bits per heavy atom. The zero-order valence-corrected chi connectivity index (χ0v) is 12.7. The van der Waals surface area contributed by atoms with E-state index in [9.17, 15) is 9.90 Å². The Morgan fingerprint density at radius 3 is 2.74 bits per heavy atom. The highest BCUT2D eigenvalue weighted by atomic mass is 32.2. The zero-order chi connectivity index (χ0) is 14.4. The van der Waals surface area contributed by atoms with Gasteiger partial charge in [-0.2, -0.15) is 11.8 Å². The summed E-state index contributed by atoms with van der Waals surface area (Å²) < 4.78 is 0. The second-order valence-electron chi connectivity index (χ2n) is 4.65. The van der Waals surface area contributed by atoms with Crippen LogP contribution in [-0.2, 0) is 0 Å². The number of aliphatic hydroxyl groups excluding tert-OH is 1. The first-order valence-corrected chi connectivity index (χ1v) is 7.66. The zero-order valence-electron chi connectivity index (χ0n) is 11.9. The fourth-order valence-corrected chi connectivity index (χ4v) is 2.35. The van der Waals surface area contributed by atoms with Crippen LogP contribution in [0.1, 0.15) is 25.5 Å². The maximum absolute atomic E-state index is 12.1. The molecule has 2 unspecified atom stereocenters. The normalized spacial score (nSPS) is 13.7. The first kappa shape index (κ1) is 15.9. The van der Waals surface area contributed by atoms with Gasteiger partial charge in [0.05, 0.1) is 6.10 Å². The number of benzene rings is 1. The Kier molecular flexibility index (Phi) is 6.18. The third-order valence-electron chi connectivity index (χ3n) is 3.01. The van der Waals surface area contributed by atoms with Crippen molar-refractivity contribution in [3.05, 3.63) is 29.8 Å². The minimum absolute atomic E-state index is 0.135. The molecule has 0 radical (unpaired) electrons. The van der Waals surface area contributed by atoms with Gasteiger partial charge in [0.2, 0.25) is 0 Å². The van der Waals surface area contributed by atoms with Gasteiger partial charge in [-0.25, -0.2) is 4.79 Å². The quantitative estimate of drug-likeness (QED) is 0.873. The highest BCUT2D eigenvalue weighted by Crippen LogP contribution is 2.17. The lowest BCUT2D eigenvalue weighted by Crippen LogP contribution is -2.39. The summed E-state index contributed by atoms with van der Waals surface area (Å²) in [6, 6.07) is 7.30. The predicted molar refractivity (Wildman–Crippen MR) is 81.7 cm³/mol. The van der Waals surface area contributed by atoms with E-state index in [0.29, 0.717) is 5.69 Å². The average molecular weight is 282 g/mol. The van der Waals surface area contributed by atoms with Crippen LogP contribution in [-0.4, -0.2) is 41.1 Å². The number of amides is 2. The lowest BCUT2D eigenvalue weighted by Gasteiger charge is -2.24. The summed E-state index contributed by atoms with van der Waals surface area (Å²) in [6.07, 6.45) is 1.49. The molecule has 0 bridgehead atoms. The van der Waals surface area contributed by atoms with Crippen LogP contribution in [0.5, 0.6) is 0 Å². The van der Waals surface area contributed by atoms with Crippen molar-refractivity contribution >= 4 is 23.5 Å². The summed E-state index contributed by atoms with van der Waals surface area (Å²) in [4.78, 5) is 13.7. The maximum atomic E-state index is 12.1. The summed E-state index contributed by atoms with van der Waals surface area (Å²) in [7, 11) is 1.79. The number of urea groups is 1. The Hall–Kier alpha value is -1.20. The molecule has 0 saturated heterocycles. The van der Waals surface area contributed by atoms with Crippen LogP contribution in [0.25, 0.3) is 0 Å². The number of rotatable bonds is 5. The molecule has 1 aromatic carbocycles. The summed E-state index contributed by atoms with van der Waals surface area (Å²) in [5.41, 5.74) is 1.49. The van der Waals surface area contributed by atoms with Gasteiger partial charge in [-0.1, -0.05) is 12.1 Å². The summed E-state index contributed by atoms with van der Waals surface area (Å²) in [5, 5.41) is 12.4. The first-order chi connectivity index (χ1) is 8.95. The second kappa shape index (κ2) is 7.40. The minimum atomic E-state index is -0.537. The number of hydrogen-bond donors (Lipinski definition) is 2. The maximum Gasteiger partial charge on any atom is 0.321 e. The molecule has 2 atom stereocenters. The molecule has 2 amide bonds. The lowest BCUT2D eigenvalue weighted by molar-refractivity contribution is 0.199. The molecular weight excluding hydrogens is 260 g/mol. The van der Waals surface area contributed by atoms with Crippen molar-refractivity contribution in [1.82, 2.24) is 4.90 Å². The van der Waals surface area contributed by atoms with Crippen molar-refractivity contribution in [2.45, 2.75) is 26.0 Å². The molecule has 0 aliphatic rings. The highest BCUT2D eigenvalue weighted by Gasteiger charge is 2.15. The summed E-state index contributed by atoms with van der Waals surface area (Å²) in [5.74, 6) is 0.900. The van der Waals surface area contributed by atoms with Crippen molar-refractivity contribution in [3.8, 4) is 0 Å². The van der Waals surface area contributed by atoms with Crippen LogP contribution >= 0.6 is 11.8 Å². The van der Waals surface area contributed by atoms with E-state index in [4.69, 9.17) is 0 Å². The van der Waals surface area contributed by atoms with Crippen molar-refractivity contribution in [2.75, 3.05) is 24.4 Å². The number of nitrogens with zero attached hydrogens (tertiary/aromatic N) is 1. The SMILES string of the molecule is CSCC(C)N(C)C(=O)Nc1cccc(C(C)O)c1. The highest BCUT2D eigenvalue weighted by molar-refractivity contribution is 7.98. The molecule has 1 rings (SSSR count). The first-order valence-electron chi connectivity index (χ1n) is 6.26. The Balaban J connectivity index is 2.68. The topological polar surface area (TPSA) is 52.6 Å². The molecular formula is C14H22N2O2S. The van der Waals surface area contributed by atoms with Gasteiger partial charge in [-0.15, -0.1) is 0 Å². The van der Waals surface area contributed by atoms with E-state index in [1.165, 1.54) is 0 Å². The standard InChI is InChI=1S/C14H22N2O2S/c1-10(9-19-4)16(3)14(18)15-13-7-5-6-12(8-13)11(2)17/h5-8,10-11,17H,9H2,1-4H3,(H,15,18). The molecule has 0 saturated carbocycles.